The Bertz CT molecular complexity index is 3240. The van der Waals surface area contributed by atoms with E-state index in [9.17, 15) is 31.0 Å². The lowest BCUT2D eigenvalue weighted by atomic mass is 10.1. The van der Waals surface area contributed by atoms with Crippen LogP contribution < -0.4 is 14.8 Å². The predicted molar refractivity (Wildman–Crippen MR) is 251 cm³/mol. The maximum Gasteiger partial charge on any atom is 0.295 e. The molecule has 0 aromatic heterocycles. The number of aromatic hydroxyl groups is 1. The van der Waals surface area contributed by atoms with Gasteiger partial charge in [0.25, 0.3) is 20.2 Å². The Labute approximate surface area is 375 Å². The number of nitrogens with zero attached hydrogens (tertiary/aromatic N) is 6. The minimum atomic E-state index is -4.56. The summed E-state index contributed by atoms with van der Waals surface area (Å²) in [5, 5.41) is 43.3. The molecule has 65 heavy (non-hydrogen) atoms. The highest BCUT2D eigenvalue weighted by Gasteiger charge is 2.18. The number of hydrogen-bond donors (Lipinski definition) is 4. The van der Waals surface area contributed by atoms with Crippen LogP contribution in [0.3, 0.4) is 0 Å². The third-order valence-corrected chi connectivity index (χ3v) is 11.8. The summed E-state index contributed by atoms with van der Waals surface area (Å²) in [5.74, 6) is -0.00952. The molecular formula is C47H45N7O9S2. The van der Waals surface area contributed by atoms with Gasteiger partial charge in [0.15, 0.2) is 5.75 Å². The van der Waals surface area contributed by atoms with E-state index in [2.05, 4.69) is 36.0 Å². The molecule has 18 heteroatoms. The summed E-state index contributed by atoms with van der Waals surface area (Å²) in [6, 6.07) is 33.6. The maximum absolute atomic E-state index is 12.2. The molecule has 4 N–H and O–H groups in total. The molecule has 0 unspecified atom stereocenters. The second-order valence-electron chi connectivity index (χ2n) is 15.1. The van der Waals surface area contributed by atoms with Crippen molar-refractivity contribution in [3.05, 3.63) is 132 Å². The Hall–Kier alpha value is -7.12. The van der Waals surface area contributed by atoms with E-state index in [0.717, 1.165) is 27.9 Å². The molecule has 0 spiro atoms. The van der Waals surface area contributed by atoms with Crippen molar-refractivity contribution in [1.82, 2.24) is 0 Å². The van der Waals surface area contributed by atoms with Gasteiger partial charge in [-0.3, -0.25) is 9.11 Å². The fraction of sp³-hybridized carbons (Fsp3) is 0.191. The number of rotatable bonds is 17. The zero-order valence-electron chi connectivity index (χ0n) is 35.8. The molecule has 0 atom stereocenters. The van der Waals surface area contributed by atoms with Crippen LogP contribution in [0.15, 0.2) is 151 Å². The Morgan fingerprint density at radius 2 is 1.20 bits per heavy atom. The number of aryl methyl sites for hydroxylation is 3. The van der Waals surface area contributed by atoms with Crippen molar-refractivity contribution in [2.75, 3.05) is 24.3 Å². The van der Waals surface area contributed by atoms with E-state index < -0.39 is 26.0 Å². The van der Waals surface area contributed by atoms with Crippen LogP contribution in [0.25, 0.3) is 21.5 Å². The lowest BCUT2D eigenvalue weighted by molar-refractivity contribution is 0.317. The van der Waals surface area contributed by atoms with Gasteiger partial charge in [-0.25, -0.2) is 0 Å². The van der Waals surface area contributed by atoms with Crippen LogP contribution in [0.5, 0.6) is 17.2 Å². The van der Waals surface area contributed by atoms with Crippen LogP contribution in [-0.2, 0) is 20.2 Å². The maximum atomic E-state index is 12.2. The van der Waals surface area contributed by atoms with Gasteiger partial charge in [-0.15, -0.1) is 10.2 Å². The molecule has 0 saturated heterocycles. The average Bonchev–Trinajstić information content (AvgIpc) is 3.26. The predicted octanol–water partition coefficient (Wildman–Crippen LogP) is 13.3. The summed E-state index contributed by atoms with van der Waals surface area (Å²) in [5.41, 5.74) is 6.42. The SMILES string of the molecule is CCCOc1cc(S(=O)(=O)O)c2ccc(N=Nc3cc(OCCCS(=O)(=O)O)c(N=Nc4cc(C)c(N=Nc5ccc6cc(Nc7ccccc7)ccc6c5O)cc4C)cc3C)cc2c1. The van der Waals surface area contributed by atoms with Gasteiger partial charge in [-0.1, -0.05) is 37.3 Å². The normalized spacial score (nSPS) is 12.3. The van der Waals surface area contributed by atoms with Gasteiger partial charge in [0.2, 0.25) is 0 Å². The second kappa shape index (κ2) is 19.7. The fourth-order valence-electron chi connectivity index (χ4n) is 6.74. The fourth-order valence-corrected chi connectivity index (χ4v) is 7.95. The van der Waals surface area contributed by atoms with Gasteiger partial charge in [-0.2, -0.15) is 37.3 Å². The molecule has 0 amide bonds. The van der Waals surface area contributed by atoms with E-state index in [1.807, 2.05) is 81.4 Å². The molecule has 0 aliphatic heterocycles. The van der Waals surface area contributed by atoms with Crippen LogP contribution in [0.1, 0.15) is 36.5 Å². The van der Waals surface area contributed by atoms with E-state index >= 15 is 0 Å². The van der Waals surface area contributed by atoms with Crippen molar-refractivity contribution in [3.63, 3.8) is 0 Å². The highest BCUT2D eigenvalue weighted by molar-refractivity contribution is 7.86. The second-order valence-corrected chi connectivity index (χ2v) is 18.1. The molecule has 7 aromatic carbocycles. The van der Waals surface area contributed by atoms with Gasteiger partial charge < -0.3 is 19.9 Å². The average molecular weight is 916 g/mol. The minimum absolute atomic E-state index is 0.00783. The van der Waals surface area contributed by atoms with Gasteiger partial charge in [0.1, 0.15) is 27.8 Å². The number of nitrogens with one attached hydrogen (secondary N) is 1. The molecular weight excluding hydrogens is 871 g/mol. The summed E-state index contributed by atoms with van der Waals surface area (Å²) >= 11 is 0. The molecule has 0 heterocycles. The number of ether oxygens (including phenoxy) is 2. The van der Waals surface area contributed by atoms with E-state index in [-0.39, 0.29) is 40.6 Å². The molecule has 0 radical (unpaired) electrons. The zero-order valence-corrected chi connectivity index (χ0v) is 37.4. The molecule has 0 aliphatic carbocycles. The largest absolute Gasteiger partial charge is 0.505 e. The summed E-state index contributed by atoms with van der Waals surface area (Å²) in [7, 11) is -8.78. The Kier molecular flexibility index (Phi) is 13.9. The molecule has 0 bridgehead atoms. The topological polar surface area (TPSA) is 234 Å². The minimum Gasteiger partial charge on any atom is -0.505 e. The zero-order chi connectivity index (χ0) is 46.3. The van der Waals surface area contributed by atoms with E-state index in [4.69, 9.17) is 9.47 Å². The van der Waals surface area contributed by atoms with Crippen molar-refractivity contribution < 1.29 is 40.5 Å². The number of fused-ring (bicyclic) bond motifs is 2. The Morgan fingerprint density at radius 3 is 1.88 bits per heavy atom. The third kappa shape index (κ3) is 11.7. The molecule has 16 nitrogen and oxygen atoms in total. The highest BCUT2D eigenvalue weighted by Crippen LogP contribution is 2.40. The first-order chi connectivity index (χ1) is 31.0. The summed E-state index contributed by atoms with van der Waals surface area (Å²) < 4.78 is 77.9. The lowest BCUT2D eigenvalue weighted by Gasteiger charge is -2.11. The van der Waals surface area contributed by atoms with Crippen LogP contribution >= 0.6 is 0 Å². The van der Waals surface area contributed by atoms with Crippen LogP contribution in [0, 0.1) is 20.8 Å². The van der Waals surface area contributed by atoms with Gasteiger partial charge >= 0.3 is 0 Å². The number of phenols is 1. The standard InChI is InChI=1S/C47H45N7O9S2/c1-5-18-62-37-26-33-25-36(14-15-38(33)46(27-37)65(59,60)61)49-51-43-28-45(63-19-9-20-64(56,57)58)44(23-31(43)4)54-53-42-22-29(2)41(21-30(42)3)52-50-40-17-12-32-24-35(13-16-39(32)47(40)55)48-34-10-7-6-8-11-34/h6-8,10-17,21-28,48,55H,5,9,18-20H2,1-4H3,(H,56,57,58)(H,59,60,61). The van der Waals surface area contributed by atoms with Crippen LogP contribution in [0.2, 0.25) is 0 Å². The van der Waals surface area contributed by atoms with Crippen molar-refractivity contribution in [3.8, 4) is 17.2 Å². The molecule has 7 aromatic rings. The Morgan fingerprint density at radius 1 is 0.569 bits per heavy atom. The lowest BCUT2D eigenvalue weighted by Crippen LogP contribution is -2.08. The van der Waals surface area contributed by atoms with Crippen molar-refractivity contribution in [2.45, 2.75) is 45.4 Å². The van der Waals surface area contributed by atoms with E-state index in [1.54, 1.807) is 49.4 Å². The quantitative estimate of drug-likeness (QED) is 0.0383. The molecule has 0 aliphatic rings. The number of anilines is 2. The molecule has 7 rings (SSSR count). The number of para-hydroxylation sites is 1. The number of phenolic OH excluding ortho intramolecular Hbond substituents is 1. The van der Waals surface area contributed by atoms with Crippen molar-refractivity contribution >= 4 is 87.3 Å². The smallest absolute Gasteiger partial charge is 0.295 e. The molecule has 0 saturated carbocycles. The first kappa shape index (κ1) is 45.9. The molecule has 0 fully saturated rings. The molecule has 334 valence electrons. The summed E-state index contributed by atoms with van der Waals surface area (Å²) in [4.78, 5) is -0.294. The van der Waals surface area contributed by atoms with Crippen LogP contribution in [0.4, 0.5) is 45.5 Å². The first-order valence-corrected chi connectivity index (χ1v) is 23.4. The number of benzene rings is 7. The van der Waals surface area contributed by atoms with Gasteiger partial charge in [-0.05, 0) is 134 Å². The van der Waals surface area contributed by atoms with E-state index in [1.165, 1.54) is 12.1 Å². The summed E-state index contributed by atoms with van der Waals surface area (Å²) in [6.45, 7) is 7.66. The summed E-state index contributed by atoms with van der Waals surface area (Å²) in [6.07, 6.45) is 0.683. The van der Waals surface area contributed by atoms with Gasteiger partial charge in [0, 0.05) is 34.3 Å². The number of azo groups is 3. The van der Waals surface area contributed by atoms with Crippen molar-refractivity contribution in [2.24, 2.45) is 30.7 Å². The Balaban J connectivity index is 1.13. The first-order valence-electron chi connectivity index (χ1n) is 20.4. The van der Waals surface area contributed by atoms with Crippen LogP contribution in [-0.4, -0.2) is 50.0 Å². The third-order valence-electron chi connectivity index (χ3n) is 10.1. The van der Waals surface area contributed by atoms with Crippen molar-refractivity contribution in [1.29, 1.82) is 0 Å². The number of hydrogen-bond acceptors (Lipinski definition) is 14. The van der Waals surface area contributed by atoms with Gasteiger partial charge in [0.05, 0.1) is 41.7 Å². The highest BCUT2D eigenvalue weighted by atomic mass is 32.2. The van der Waals surface area contributed by atoms with E-state index in [0.29, 0.717) is 63.5 Å². The monoisotopic (exact) mass is 915 g/mol.